The molecule has 0 bridgehead atoms. The number of fused-ring (bicyclic) bond motifs is 1. The molecule has 1 fully saturated rings. The smallest absolute Gasteiger partial charge is 0.0376 e. The van der Waals surface area contributed by atoms with Crippen LogP contribution in [0.15, 0.2) is 24.3 Å². The number of para-hydroxylation sites is 1. The molecule has 2 heteroatoms. The molecular formula is C17H26N2. The molecule has 19 heavy (non-hydrogen) atoms. The van der Waals surface area contributed by atoms with Crippen LogP contribution in [0, 0.1) is 5.92 Å². The SMILES string of the molecule is CC1CCN(CCC2CNc3ccccc32)C(C)C1. The van der Waals surface area contributed by atoms with Gasteiger partial charge in [-0.15, -0.1) is 0 Å². The molecule has 2 heterocycles. The van der Waals surface area contributed by atoms with Crippen molar-refractivity contribution in [3.63, 3.8) is 0 Å². The summed E-state index contributed by atoms with van der Waals surface area (Å²) < 4.78 is 0. The Kier molecular flexibility index (Phi) is 3.79. The Morgan fingerprint density at radius 3 is 2.95 bits per heavy atom. The molecule has 0 spiro atoms. The molecule has 104 valence electrons. The summed E-state index contributed by atoms with van der Waals surface area (Å²) in [6.07, 6.45) is 4.05. The number of nitrogens with zero attached hydrogens (tertiary/aromatic N) is 1. The van der Waals surface area contributed by atoms with Crippen LogP contribution in [-0.4, -0.2) is 30.6 Å². The van der Waals surface area contributed by atoms with Crippen molar-refractivity contribution in [2.24, 2.45) is 5.92 Å². The van der Waals surface area contributed by atoms with Gasteiger partial charge in [-0.2, -0.15) is 0 Å². The fourth-order valence-corrected chi connectivity index (χ4v) is 3.72. The first-order valence-electron chi connectivity index (χ1n) is 7.81. The molecule has 0 aromatic heterocycles. The van der Waals surface area contributed by atoms with Crippen molar-refractivity contribution < 1.29 is 0 Å². The normalized spacial score (nSPS) is 30.9. The van der Waals surface area contributed by atoms with Crippen LogP contribution in [0.2, 0.25) is 0 Å². The van der Waals surface area contributed by atoms with E-state index >= 15 is 0 Å². The van der Waals surface area contributed by atoms with Crippen LogP contribution in [0.1, 0.15) is 44.6 Å². The Morgan fingerprint density at radius 2 is 2.11 bits per heavy atom. The summed E-state index contributed by atoms with van der Waals surface area (Å²) in [5.74, 6) is 1.63. The molecule has 2 aliphatic rings. The van der Waals surface area contributed by atoms with Crippen molar-refractivity contribution in [1.29, 1.82) is 0 Å². The lowest BCUT2D eigenvalue weighted by atomic mass is 9.92. The van der Waals surface area contributed by atoms with E-state index < -0.39 is 0 Å². The Morgan fingerprint density at radius 1 is 1.26 bits per heavy atom. The van der Waals surface area contributed by atoms with E-state index in [1.54, 1.807) is 0 Å². The van der Waals surface area contributed by atoms with Crippen LogP contribution in [-0.2, 0) is 0 Å². The molecule has 3 rings (SSSR count). The highest BCUT2D eigenvalue weighted by atomic mass is 15.2. The first-order chi connectivity index (χ1) is 9.24. The number of likely N-dealkylation sites (tertiary alicyclic amines) is 1. The summed E-state index contributed by atoms with van der Waals surface area (Å²) in [7, 11) is 0. The minimum absolute atomic E-state index is 0.711. The Bertz CT molecular complexity index is 429. The molecule has 1 saturated heterocycles. The van der Waals surface area contributed by atoms with Gasteiger partial charge in [0.15, 0.2) is 0 Å². The number of anilines is 1. The van der Waals surface area contributed by atoms with Gasteiger partial charge in [-0.3, -0.25) is 0 Å². The highest BCUT2D eigenvalue weighted by molar-refractivity contribution is 5.57. The second-order valence-electron chi connectivity index (χ2n) is 6.47. The standard InChI is InChI=1S/C17H26N2/c1-13-7-9-19(14(2)11-13)10-8-15-12-18-17-6-4-3-5-16(15)17/h3-6,13-15,18H,7-12H2,1-2H3. The van der Waals surface area contributed by atoms with Gasteiger partial charge in [0.05, 0.1) is 0 Å². The average Bonchev–Trinajstić information content (AvgIpc) is 2.81. The average molecular weight is 258 g/mol. The number of rotatable bonds is 3. The fraction of sp³-hybridized carbons (Fsp3) is 0.647. The molecule has 0 radical (unpaired) electrons. The van der Waals surface area contributed by atoms with Crippen LogP contribution in [0.25, 0.3) is 0 Å². The van der Waals surface area contributed by atoms with Gasteiger partial charge < -0.3 is 10.2 Å². The van der Waals surface area contributed by atoms with Gasteiger partial charge >= 0.3 is 0 Å². The Hall–Kier alpha value is -1.02. The van der Waals surface area contributed by atoms with E-state index in [0.717, 1.165) is 18.5 Å². The summed E-state index contributed by atoms with van der Waals surface area (Å²) in [6, 6.07) is 9.57. The van der Waals surface area contributed by atoms with Crippen LogP contribution in [0.4, 0.5) is 5.69 Å². The van der Waals surface area contributed by atoms with Crippen LogP contribution < -0.4 is 5.32 Å². The van der Waals surface area contributed by atoms with Crippen LogP contribution in [0.5, 0.6) is 0 Å². The Labute approximate surface area is 117 Å². The minimum Gasteiger partial charge on any atom is -0.384 e. The topological polar surface area (TPSA) is 15.3 Å². The maximum atomic E-state index is 3.54. The largest absolute Gasteiger partial charge is 0.384 e. The molecular weight excluding hydrogens is 232 g/mol. The molecule has 3 atom stereocenters. The summed E-state index contributed by atoms with van der Waals surface area (Å²) in [6.45, 7) is 8.47. The number of nitrogens with one attached hydrogen (secondary N) is 1. The summed E-state index contributed by atoms with van der Waals surface area (Å²) in [4.78, 5) is 2.70. The van der Waals surface area contributed by atoms with Crippen LogP contribution >= 0.6 is 0 Å². The third-order valence-corrected chi connectivity index (χ3v) is 4.98. The van der Waals surface area contributed by atoms with Gasteiger partial charge in [0.1, 0.15) is 0 Å². The van der Waals surface area contributed by atoms with Gasteiger partial charge in [0, 0.05) is 24.2 Å². The highest BCUT2D eigenvalue weighted by Gasteiger charge is 2.26. The lowest BCUT2D eigenvalue weighted by Crippen LogP contribution is -2.41. The molecule has 3 unspecified atom stereocenters. The number of benzene rings is 1. The third-order valence-electron chi connectivity index (χ3n) is 4.98. The zero-order valence-electron chi connectivity index (χ0n) is 12.2. The van der Waals surface area contributed by atoms with E-state index in [1.807, 2.05) is 0 Å². The predicted molar refractivity (Wildman–Crippen MR) is 81.7 cm³/mol. The van der Waals surface area contributed by atoms with Crippen molar-refractivity contribution in [3.05, 3.63) is 29.8 Å². The van der Waals surface area contributed by atoms with Crippen molar-refractivity contribution in [2.45, 2.75) is 45.1 Å². The minimum atomic E-state index is 0.711. The molecule has 0 saturated carbocycles. The predicted octanol–water partition coefficient (Wildman–Crippen LogP) is 3.71. The molecule has 2 aliphatic heterocycles. The third kappa shape index (κ3) is 2.79. The molecule has 1 aromatic carbocycles. The number of hydrogen-bond acceptors (Lipinski definition) is 2. The number of hydrogen-bond donors (Lipinski definition) is 1. The summed E-state index contributed by atoms with van der Waals surface area (Å²) >= 11 is 0. The maximum Gasteiger partial charge on any atom is 0.0376 e. The first-order valence-corrected chi connectivity index (χ1v) is 7.81. The van der Waals surface area contributed by atoms with Crippen LogP contribution in [0.3, 0.4) is 0 Å². The monoisotopic (exact) mass is 258 g/mol. The molecule has 1 aromatic rings. The molecule has 0 aliphatic carbocycles. The summed E-state index contributed by atoms with van der Waals surface area (Å²) in [5.41, 5.74) is 2.88. The van der Waals surface area contributed by atoms with E-state index in [-0.39, 0.29) is 0 Å². The van der Waals surface area contributed by atoms with E-state index in [4.69, 9.17) is 0 Å². The van der Waals surface area contributed by atoms with E-state index in [1.165, 1.54) is 43.6 Å². The van der Waals surface area contributed by atoms with Gasteiger partial charge in [0.25, 0.3) is 0 Å². The van der Waals surface area contributed by atoms with E-state index in [9.17, 15) is 0 Å². The number of piperidine rings is 1. The molecule has 1 N–H and O–H groups in total. The quantitative estimate of drug-likeness (QED) is 0.889. The van der Waals surface area contributed by atoms with Crippen molar-refractivity contribution >= 4 is 5.69 Å². The maximum absolute atomic E-state index is 3.54. The van der Waals surface area contributed by atoms with Gasteiger partial charge in [-0.05, 0) is 56.8 Å². The van der Waals surface area contributed by atoms with Crippen molar-refractivity contribution in [2.75, 3.05) is 25.0 Å². The van der Waals surface area contributed by atoms with E-state index in [2.05, 4.69) is 48.3 Å². The lowest BCUT2D eigenvalue weighted by molar-refractivity contribution is 0.126. The van der Waals surface area contributed by atoms with Gasteiger partial charge in [0.2, 0.25) is 0 Å². The second kappa shape index (κ2) is 5.54. The zero-order valence-corrected chi connectivity index (χ0v) is 12.2. The Balaban J connectivity index is 1.56. The lowest BCUT2D eigenvalue weighted by Gasteiger charge is -2.37. The van der Waals surface area contributed by atoms with Crippen molar-refractivity contribution in [1.82, 2.24) is 4.90 Å². The fourth-order valence-electron chi connectivity index (χ4n) is 3.72. The van der Waals surface area contributed by atoms with Gasteiger partial charge in [-0.1, -0.05) is 25.1 Å². The summed E-state index contributed by atoms with van der Waals surface area (Å²) in [5, 5.41) is 3.54. The zero-order chi connectivity index (χ0) is 13.2. The van der Waals surface area contributed by atoms with Crippen molar-refractivity contribution in [3.8, 4) is 0 Å². The second-order valence-corrected chi connectivity index (χ2v) is 6.47. The molecule has 2 nitrogen and oxygen atoms in total. The van der Waals surface area contributed by atoms with E-state index in [0.29, 0.717) is 5.92 Å². The van der Waals surface area contributed by atoms with Gasteiger partial charge in [-0.25, -0.2) is 0 Å². The molecule has 0 amide bonds. The highest BCUT2D eigenvalue weighted by Crippen LogP contribution is 2.34. The first kappa shape index (κ1) is 13.0.